The lowest BCUT2D eigenvalue weighted by Gasteiger charge is -2.35. The Balaban J connectivity index is 1.31. The van der Waals surface area contributed by atoms with E-state index in [2.05, 4.69) is 32.1 Å². The van der Waals surface area contributed by atoms with Crippen molar-refractivity contribution in [3.63, 3.8) is 0 Å². The number of nitrogens with zero attached hydrogens (tertiary/aromatic N) is 4. The van der Waals surface area contributed by atoms with Gasteiger partial charge in [0.25, 0.3) is 0 Å². The fraction of sp³-hybridized carbons (Fsp3) is 0.333. The number of hydrogen-bond donors (Lipinski definition) is 0. The number of piperazine rings is 1. The summed E-state index contributed by atoms with van der Waals surface area (Å²) in [4.78, 5) is 9.11. The Bertz CT molecular complexity index is 922. The second-order valence-electron chi connectivity index (χ2n) is 6.88. The summed E-state index contributed by atoms with van der Waals surface area (Å²) in [5.41, 5.74) is 2.01. The van der Waals surface area contributed by atoms with Gasteiger partial charge in [0, 0.05) is 44.4 Å². The zero-order valence-electron chi connectivity index (χ0n) is 15.8. The third kappa shape index (κ3) is 4.48. The second-order valence-corrected chi connectivity index (χ2v) is 6.88. The molecule has 7 heteroatoms. The molecule has 28 heavy (non-hydrogen) atoms. The SMILES string of the molecule is COc1cccc(N2CCN(Cc3nc(Cc4cccc(F)c4)no3)CC2)c1. The zero-order chi connectivity index (χ0) is 19.3. The highest BCUT2D eigenvalue weighted by molar-refractivity contribution is 5.51. The van der Waals surface area contributed by atoms with E-state index in [9.17, 15) is 4.39 Å². The molecule has 2 heterocycles. The van der Waals surface area contributed by atoms with Crippen LogP contribution in [0.15, 0.2) is 53.1 Å². The third-order valence-electron chi connectivity index (χ3n) is 4.91. The lowest BCUT2D eigenvalue weighted by atomic mass is 10.1. The summed E-state index contributed by atoms with van der Waals surface area (Å²) in [5.74, 6) is 1.79. The van der Waals surface area contributed by atoms with Gasteiger partial charge in [-0.25, -0.2) is 4.39 Å². The summed E-state index contributed by atoms with van der Waals surface area (Å²) < 4.78 is 24.0. The quantitative estimate of drug-likeness (QED) is 0.653. The molecule has 0 N–H and O–H groups in total. The first-order valence-electron chi connectivity index (χ1n) is 9.37. The Hall–Kier alpha value is -2.93. The maximum atomic E-state index is 13.3. The van der Waals surface area contributed by atoms with Crippen molar-refractivity contribution in [2.75, 3.05) is 38.2 Å². The molecular weight excluding hydrogens is 359 g/mol. The fourth-order valence-corrected chi connectivity index (χ4v) is 3.42. The molecule has 0 amide bonds. The molecule has 0 spiro atoms. The number of anilines is 1. The normalized spacial score (nSPS) is 15.0. The Kier molecular flexibility index (Phi) is 5.53. The van der Waals surface area contributed by atoms with Gasteiger partial charge in [0.2, 0.25) is 5.89 Å². The van der Waals surface area contributed by atoms with Crippen LogP contribution in [0.25, 0.3) is 0 Å². The van der Waals surface area contributed by atoms with Gasteiger partial charge in [0.05, 0.1) is 13.7 Å². The zero-order valence-corrected chi connectivity index (χ0v) is 15.8. The molecule has 0 unspecified atom stereocenters. The number of rotatable bonds is 6. The highest BCUT2D eigenvalue weighted by Gasteiger charge is 2.20. The second kappa shape index (κ2) is 8.39. The van der Waals surface area contributed by atoms with Crippen LogP contribution in [0.2, 0.25) is 0 Å². The number of aromatic nitrogens is 2. The Labute approximate surface area is 163 Å². The number of halogens is 1. The highest BCUT2D eigenvalue weighted by atomic mass is 19.1. The van der Waals surface area contributed by atoms with Crippen molar-refractivity contribution in [3.05, 3.63) is 71.6 Å². The molecule has 0 aliphatic carbocycles. The molecule has 6 nitrogen and oxygen atoms in total. The molecule has 0 atom stereocenters. The molecule has 1 fully saturated rings. The summed E-state index contributed by atoms with van der Waals surface area (Å²) in [7, 11) is 1.68. The number of methoxy groups -OCH3 is 1. The van der Waals surface area contributed by atoms with E-state index in [1.165, 1.54) is 17.8 Å². The summed E-state index contributed by atoms with van der Waals surface area (Å²) in [6.07, 6.45) is 0.463. The summed E-state index contributed by atoms with van der Waals surface area (Å²) >= 11 is 0. The van der Waals surface area contributed by atoms with E-state index in [4.69, 9.17) is 9.26 Å². The van der Waals surface area contributed by atoms with Crippen molar-refractivity contribution in [1.82, 2.24) is 15.0 Å². The van der Waals surface area contributed by atoms with E-state index in [0.29, 0.717) is 24.7 Å². The van der Waals surface area contributed by atoms with Gasteiger partial charge in [-0.3, -0.25) is 4.90 Å². The van der Waals surface area contributed by atoms with Crippen LogP contribution in [0.1, 0.15) is 17.3 Å². The molecule has 1 aliphatic heterocycles. The average molecular weight is 382 g/mol. The van der Waals surface area contributed by atoms with Crippen molar-refractivity contribution < 1.29 is 13.7 Å². The van der Waals surface area contributed by atoms with Crippen molar-refractivity contribution in [2.24, 2.45) is 0 Å². The summed E-state index contributed by atoms with van der Waals surface area (Å²) in [6, 6.07) is 14.6. The van der Waals surface area contributed by atoms with Crippen LogP contribution >= 0.6 is 0 Å². The predicted octanol–water partition coefficient (Wildman–Crippen LogP) is 3.13. The lowest BCUT2D eigenvalue weighted by Crippen LogP contribution is -2.46. The third-order valence-corrected chi connectivity index (χ3v) is 4.91. The Morgan fingerprint density at radius 1 is 1.07 bits per heavy atom. The first kappa shape index (κ1) is 18.4. The number of hydrogen-bond acceptors (Lipinski definition) is 6. The lowest BCUT2D eigenvalue weighted by molar-refractivity contribution is 0.215. The molecular formula is C21H23FN4O2. The van der Waals surface area contributed by atoms with E-state index in [-0.39, 0.29) is 5.82 Å². The molecule has 1 aromatic heterocycles. The highest BCUT2D eigenvalue weighted by Crippen LogP contribution is 2.22. The minimum atomic E-state index is -0.255. The molecule has 0 bridgehead atoms. The monoisotopic (exact) mass is 382 g/mol. The first-order chi connectivity index (χ1) is 13.7. The predicted molar refractivity (Wildman–Crippen MR) is 104 cm³/mol. The maximum absolute atomic E-state index is 13.3. The van der Waals surface area contributed by atoms with Crippen LogP contribution in [0.5, 0.6) is 5.75 Å². The molecule has 1 saturated heterocycles. The largest absolute Gasteiger partial charge is 0.497 e. The van der Waals surface area contributed by atoms with Crippen LogP contribution in [0, 0.1) is 5.82 Å². The topological polar surface area (TPSA) is 54.6 Å². The Morgan fingerprint density at radius 2 is 1.89 bits per heavy atom. The smallest absolute Gasteiger partial charge is 0.240 e. The van der Waals surface area contributed by atoms with Crippen LogP contribution in [0.4, 0.5) is 10.1 Å². The summed E-state index contributed by atoms with van der Waals surface area (Å²) in [6.45, 7) is 4.31. The molecule has 3 aromatic rings. The van der Waals surface area contributed by atoms with Gasteiger partial charge in [-0.05, 0) is 29.8 Å². The van der Waals surface area contributed by atoms with E-state index >= 15 is 0 Å². The van der Waals surface area contributed by atoms with Gasteiger partial charge < -0.3 is 14.2 Å². The van der Waals surface area contributed by atoms with Gasteiger partial charge >= 0.3 is 0 Å². The minimum Gasteiger partial charge on any atom is -0.497 e. The van der Waals surface area contributed by atoms with E-state index in [1.54, 1.807) is 13.2 Å². The van der Waals surface area contributed by atoms with Gasteiger partial charge in [0.1, 0.15) is 11.6 Å². The molecule has 0 radical (unpaired) electrons. The average Bonchev–Trinajstić information content (AvgIpc) is 3.15. The fourth-order valence-electron chi connectivity index (χ4n) is 3.42. The standard InChI is InChI=1S/C21H23FN4O2/c1-27-19-7-3-6-18(14-19)26-10-8-25(9-11-26)15-21-23-20(24-28-21)13-16-4-2-5-17(22)12-16/h2-7,12,14H,8-11,13,15H2,1H3. The number of benzene rings is 2. The van der Waals surface area contributed by atoms with Crippen molar-refractivity contribution in [2.45, 2.75) is 13.0 Å². The van der Waals surface area contributed by atoms with Crippen molar-refractivity contribution >= 4 is 5.69 Å². The van der Waals surface area contributed by atoms with Gasteiger partial charge in [-0.15, -0.1) is 0 Å². The van der Waals surface area contributed by atoms with E-state index < -0.39 is 0 Å². The maximum Gasteiger partial charge on any atom is 0.240 e. The van der Waals surface area contributed by atoms with Crippen LogP contribution in [-0.2, 0) is 13.0 Å². The molecule has 0 saturated carbocycles. The molecule has 1 aliphatic rings. The minimum absolute atomic E-state index is 0.255. The van der Waals surface area contributed by atoms with Gasteiger partial charge in [0.15, 0.2) is 5.82 Å². The van der Waals surface area contributed by atoms with Crippen molar-refractivity contribution in [3.8, 4) is 5.75 Å². The molecule has 2 aromatic carbocycles. The van der Waals surface area contributed by atoms with Gasteiger partial charge in [-0.1, -0.05) is 23.4 Å². The van der Waals surface area contributed by atoms with E-state index in [0.717, 1.165) is 37.5 Å². The van der Waals surface area contributed by atoms with Gasteiger partial charge in [-0.2, -0.15) is 4.98 Å². The van der Waals surface area contributed by atoms with E-state index in [1.807, 2.05) is 18.2 Å². The molecule has 4 rings (SSSR count). The summed E-state index contributed by atoms with van der Waals surface area (Å²) in [5, 5.41) is 4.03. The molecule has 146 valence electrons. The van der Waals surface area contributed by atoms with Crippen LogP contribution in [0.3, 0.4) is 0 Å². The first-order valence-corrected chi connectivity index (χ1v) is 9.37. The van der Waals surface area contributed by atoms with Crippen LogP contribution in [-0.4, -0.2) is 48.3 Å². The van der Waals surface area contributed by atoms with Crippen LogP contribution < -0.4 is 9.64 Å². The number of ether oxygens (including phenoxy) is 1. The Morgan fingerprint density at radius 3 is 2.68 bits per heavy atom. The van der Waals surface area contributed by atoms with Crippen molar-refractivity contribution in [1.29, 1.82) is 0 Å².